The average molecular weight is 366 g/mol. The number of rotatable bonds is 1. The molecule has 2 aromatic heterocycles. The van der Waals surface area contributed by atoms with E-state index < -0.39 is 0 Å². The lowest BCUT2D eigenvalue weighted by Gasteiger charge is -2.29. The molecule has 2 aromatic rings. The quantitative estimate of drug-likeness (QED) is 0.724. The third-order valence-electron chi connectivity index (χ3n) is 4.83. The molecule has 0 radical (unpaired) electrons. The molecule has 26 heavy (non-hydrogen) atoms. The van der Waals surface area contributed by atoms with Gasteiger partial charge in [-0.1, -0.05) is 25.7 Å². The summed E-state index contributed by atoms with van der Waals surface area (Å²) in [7, 11) is 0. The smallest absolute Gasteiger partial charge is 0.173 e. The zero-order chi connectivity index (χ0) is 18.1. The summed E-state index contributed by atoms with van der Waals surface area (Å²) in [6, 6.07) is 3.85. The number of hydrogen-bond acceptors (Lipinski definition) is 5. The lowest BCUT2D eigenvalue weighted by Crippen LogP contribution is -2.36. The van der Waals surface area contributed by atoms with E-state index in [1.807, 2.05) is 12.1 Å². The molecule has 1 aliphatic heterocycles. The zero-order valence-corrected chi connectivity index (χ0v) is 16.0. The van der Waals surface area contributed by atoms with Gasteiger partial charge in [0, 0.05) is 37.5 Å². The number of ether oxygens (including phenoxy) is 1. The maximum atomic E-state index is 12.7. The summed E-state index contributed by atoms with van der Waals surface area (Å²) in [5, 5.41) is 1.13. The summed E-state index contributed by atoms with van der Waals surface area (Å²) in [5.41, 5.74) is 3.03. The van der Waals surface area contributed by atoms with Crippen LogP contribution in [0, 0.1) is 17.3 Å². The van der Waals surface area contributed by atoms with Gasteiger partial charge in [0.1, 0.15) is 5.00 Å². The molecule has 0 amide bonds. The fraction of sp³-hybridized carbons (Fsp3) is 0.429. The van der Waals surface area contributed by atoms with E-state index in [0.717, 1.165) is 59.3 Å². The average Bonchev–Trinajstić information content (AvgIpc) is 2.99. The molecule has 0 unspecified atom stereocenters. The standard InChI is InChI=1S/C21H22N2O2S/c1-21(2)12-17-16(6-5-15-4-3-7-22-14-15)20(23-8-10-25-11-9-23)26-19(17)18(24)13-21/h3-4,7,14H,8-13H2,1-2H3. The molecule has 0 aromatic carbocycles. The molecule has 0 atom stereocenters. The summed E-state index contributed by atoms with van der Waals surface area (Å²) < 4.78 is 5.50. The van der Waals surface area contributed by atoms with Crippen LogP contribution in [-0.4, -0.2) is 37.1 Å². The van der Waals surface area contributed by atoms with Crippen LogP contribution in [0.2, 0.25) is 0 Å². The number of Topliss-reactive ketones (excluding diaryl/α,β-unsaturated/α-hetero) is 1. The Morgan fingerprint density at radius 1 is 1.23 bits per heavy atom. The molecule has 0 N–H and O–H groups in total. The molecule has 4 rings (SSSR count). The van der Waals surface area contributed by atoms with Crippen LogP contribution in [0.25, 0.3) is 0 Å². The van der Waals surface area contributed by atoms with Crippen molar-refractivity contribution in [1.29, 1.82) is 0 Å². The van der Waals surface area contributed by atoms with Gasteiger partial charge in [-0.15, -0.1) is 11.3 Å². The predicted octanol–water partition coefficient (Wildman–Crippen LogP) is 3.53. The van der Waals surface area contributed by atoms with E-state index in [9.17, 15) is 4.79 Å². The van der Waals surface area contributed by atoms with E-state index in [-0.39, 0.29) is 11.2 Å². The van der Waals surface area contributed by atoms with E-state index in [4.69, 9.17) is 4.74 Å². The molecule has 1 fully saturated rings. The normalized spacial score (nSPS) is 18.8. The highest BCUT2D eigenvalue weighted by Gasteiger charge is 2.36. The van der Waals surface area contributed by atoms with Crippen molar-refractivity contribution in [1.82, 2.24) is 4.98 Å². The minimum absolute atomic E-state index is 0.0157. The maximum absolute atomic E-state index is 12.7. The minimum Gasteiger partial charge on any atom is -0.378 e. The first-order chi connectivity index (χ1) is 12.5. The fourth-order valence-electron chi connectivity index (χ4n) is 3.59. The van der Waals surface area contributed by atoms with Crippen LogP contribution < -0.4 is 4.90 Å². The lowest BCUT2D eigenvalue weighted by atomic mass is 9.75. The Morgan fingerprint density at radius 3 is 2.77 bits per heavy atom. The van der Waals surface area contributed by atoms with E-state index in [0.29, 0.717) is 6.42 Å². The third kappa shape index (κ3) is 3.40. The van der Waals surface area contributed by atoms with Gasteiger partial charge in [0.25, 0.3) is 0 Å². The Labute approximate surface area is 158 Å². The number of pyridine rings is 1. The number of aromatic nitrogens is 1. The number of fused-ring (bicyclic) bond motifs is 1. The van der Waals surface area contributed by atoms with Gasteiger partial charge in [-0.2, -0.15) is 0 Å². The van der Waals surface area contributed by atoms with Crippen molar-refractivity contribution in [2.45, 2.75) is 26.7 Å². The minimum atomic E-state index is -0.0157. The van der Waals surface area contributed by atoms with Crippen molar-refractivity contribution in [2.24, 2.45) is 5.41 Å². The summed E-state index contributed by atoms with van der Waals surface area (Å²) in [5.74, 6) is 6.88. The monoisotopic (exact) mass is 366 g/mol. The highest BCUT2D eigenvalue weighted by atomic mass is 32.1. The number of hydrogen-bond donors (Lipinski definition) is 0. The Kier molecular flexibility index (Phi) is 4.56. The molecular weight excluding hydrogens is 344 g/mol. The number of anilines is 1. The van der Waals surface area contributed by atoms with Gasteiger partial charge in [-0.05, 0) is 29.5 Å². The van der Waals surface area contributed by atoms with Crippen LogP contribution in [0.5, 0.6) is 0 Å². The molecule has 3 heterocycles. The Balaban J connectivity index is 1.81. The van der Waals surface area contributed by atoms with Crippen LogP contribution in [0.4, 0.5) is 5.00 Å². The van der Waals surface area contributed by atoms with Crippen molar-refractivity contribution in [3.05, 3.63) is 46.1 Å². The van der Waals surface area contributed by atoms with E-state index in [1.165, 1.54) is 0 Å². The van der Waals surface area contributed by atoms with Gasteiger partial charge in [0.2, 0.25) is 0 Å². The van der Waals surface area contributed by atoms with Gasteiger partial charge in [0.05, 0.1) is 23.7 Å². The number of carbonyl (C=O) groups is 1. The number of nitrogens with zero attached hydrogens (tertiary/aromatic N) is 2. The highest BCUT2D eigenvalue weighted by Crippen LogP contribution is 2.44. The summed E-state index contributed by atoms with van der Waals surface area (Å²) in [4.78, 5) is 20.1. The molecule has 1 saturated heterocycles. The number of carbonyl (C=O) groups excluding carboxylic acids is 1. The van der Waals surface area contributed by atoms with Crippen LogP contribution in [-0.2, 0) is 11.2 Å². The number of thiophene rings is 1. The maximum Gasteiger partial charge on any atom is 0.173 e. The number of morpholine rings is 1. The van der Waals surface area contributed by atoms with Crippen LogP contribution in [0.1, 0.15) is 46.6 Å². The van der Waals surface area contributed by atoms with Gasteiger partial charge in [-0.3, -0.25) is 9.78 Å². The first-order valence-corrected chi connectivity index (χ1v) is 9.79. The summed E-state index contributed by atoms with van der Waals surface area (Å²) >= 11 is 1.62. The van der Waals surface area contributed by atoms with Crippen molar-refractivity contribution in [3.8, 4) is 11.8 Å². The molecule has 0 saturated carbocycles. The van der Waals surface area contributed by atoms with Crippen molar-refractivity contribution in [3.63, 3.8) is 0 Å². The second-order valence-corrected chi connectivity index (χ2v) is 8.62. The summed E-state index contributed by atoms with van der Waals surface area (Å²) in [6.45, 7) is 7.46. The van der Waals surface area contributed by atoms with E-state index in [1.54, 1.807) is 23.7 Å². The second-order valence-electron chi connectivity index (χ2n) is 7.62. The molecule has 4 nitrogen and oxygen atoms in total. The van der Waals surface area contributed by atoms with Crippen LogP contribution in [0.3, 0.4) is 0 Å². The van der Waals surface area contributed by atoms with Crippen LogP contribution in [0.15, 0.2) is 24.5 Å². The molecule has 0 spiro atoms. The van der Waals surface area contributed by atoms with Crippen molar-refractivity contribution < 1.29 is 9.53 Å². The Morgan fingerprint density at radius 2 is 2.04 bits per heavy atom. The third-order valence-corrected chi connectivity index (χ3v) is 6.16. The fourth-order valence-corrected chi connectivity index (χ4v) is 4.86. The lowest BCUT2D eigenvalue weighted by molar-refractivity contribution is 0.0917. The first kappa shape index (κ1) is 17.3. The molecule has 2 aliphatic rings. The SMILES string of the molecule is CC1(C)CC(=O)c2sc(N3CCOCC3)c(C#Cc3cccnc3)c2C1. The molecule has 134 valence electrons. The van der Waals surface area contributed by atoms with Gasteiger partial charge in [0.15, 0.2) is 5.78 Å². The van der Waals surface area contributed by atoms with Crippen molar-refractivity contribution in [2.75, 3.05) is 31.2 Å². The Bertz CT molecular complexity index is 884. The van der Waals surface area contributed by atoms with Gasteiger partial charge in [-0.25, -0.2) is 0 Å². The second kappa shape index (κ2) is 6.86. The molecule has 0 bridgehead atoms. The van der Waals surface area contributed by atoms with Crippen LogP contribution >= 0.6 is 11.3 Å². The number of ketones is 1. The highest BCUT2D eigenvalue weighted by molar-refractivity contribution is 7.18. The van der Waals surface area contributed by atoms with Gasteiger partial charge < -0.3 is 9.64 Å². The van der Waals surface area contributed by atoms with Crippen molar-refractivity contribution >= 4 is 22.1 Å². The largest absolute Gasteiger partial charge is 0.378 e. The topological polar surface area (TPSA) is 42.4 Å². The summed E-state index contributed by atoms with van der Waals surface area (Å²) in [6.07, 6.45) is 5.03. The van der Waals surface area contributed by atoms with E-state index in [2.05, 4.69) is 35.6 Å². The zero-order valence-electron chi connectivity index (χ0n) is 15.2. The first-order valence-electron chi connectivity index (χ1n) is 8.97. The van der Waals surface area contributed by atoms with E-state index >= 15 is 0 Å². The molecule has 1 aliphatic carbocycles. The predicted molar refractivity (Wildman–Crippen MR) is 104 cm³/mol. The molecule has 5 heteroatoms. The molecular formula is C21H22N2O2S. The Hall–Kier alpha value is -2.16. The van der Waals surface area contributed by atoms with Gasteiger partial charge >= 0.3 is 0 Å².